The summed E-state index contributed by atoms with van der Waals surface area (Å²) in [6.45, 7) is 2.63. The molecule has 1 fully saturated rings. The van der Waals surface area contributed by atoms with Crippen molar-refractivity contribution < 1.29 is 18.3 Å². The van der Waals surface area contributed by atoms with E-state index in [4.69, 9.17) is 4.74 Å². The Balaban J connectivity index is 1.89. The monoisotopic (exact) mass is 406 g/mol. The van der Waals surface area contributed by atoms with E-state index in [1.807, 2.05) is 6.26 Å². The molecular formula is C21H24F2N2O2S. The first-order chi connectivity index (χ1) is 13.5. The Hall–Kier alpha value is -2.12. The van der Waals surface area contributed by atoms with Gasteiger partial charge in [0, 0.05) is 18.2 Å². The van der Waals surface area contributed by atoms with Gasteiger partial charge in [-0.3, -0.25) is 4.72 Å². The molecule has 1 saturated heterocycles. The van der Waals surface area contributed by atoms with Crippen molar-refractivity contribution in [2.24, 2.45) is 0 Å². The van der Waals surface area contributed by atoms with Crippen LogP contribution in [-0.4, -0.2) is 42.5 Å². The maximum absolute atomic E-state index is 15.2. The highest BCUT2D eigenvalue weighted by molar-refractivity contribution is 7.96. The standard InChI is InChI=1S/C21H24F2N2O2S/c1-3-27-21(26)25-11-10-18(24-28-2)19(25)13-15-7-5-9-17(20(15)23)14-6-4-8-16(22)12-14/h4-9,12,18-19,24H,3,10-11,13H2,1-2H3. The minimum atomic E-state index is -0.407. The molecule has 4 nitrogen and oxygen atoms in total. The third-order valence-corrected chi connectivity index (χ3v) is 5.50. The second kappa shape index (κ2) is 9.39. The van der Waals surface area contributed by atoms with E-state index in [0.29, 0.717) is 36.3 Å². The number of hydrogen-bond donors (Lipinski definition) is 1. The SMILES string of the molecule is CCOC(=O)N1CCC(NSC)C1Cc1cccc(-c2cccc(F)c2)c1F. The fourth-order valence-electron chi connectivity index (χ4n) is 3.67. The predicted molar refractivity (Wildman–Crippen MR) is 108 cm³/mol. The Morgan fingerprint density at radius 2 is 2.07 bits per heavy atom. The molecule has 7 heteroatoms. The third-order valence-electron chi connectivity index (χ3n) is 4.96. The second-order valence-corrected chi connectivity index (χ2v) is 7.31. The molecule has 1 N–H and O–H groups in total. The number of carbonyl (C=O) groups excluding carboxylic acids is 1. The Morgan fingerprint density at radius 1 is 1.29 bits per heavy atom. The molecule has 2 unspecified atom stereocenters. The largest absolute Gasteiger partial charge is 0.450 e. The van der Waals surface area contributed by atoms with Gasteiger partial charge in [0.2, 0.25) is 0 Å². The molecule has 2 aromatic rings. The lowest BCUT2D eigenvalue weighted by atomic mass is 9.96. The summed E-state index contributed by atoms with van der Waals surface area (Å²) in [4.78, 5) is 14.0. The maximum atomic E-state index is 15.2. The van der Waals surface area contributed by atoms with Crippen molar-refractivity contribution in [3.63, 3.8) is 0 Å². The van der Waals surface area contributed by atoms with Gasteiger partial charge in [-0.15, -0.1) is 0 Å². The normalized spacial score (nSPS) is 19.1. The summed E-state index contributed by atoms with van der Waals surface area (Å²) in [6, 6.07) is 10.8. The number of carbonyl (C=O) groups is 1. The number of hydrogen-bond acceptors (Lipinski definition) is 4. The molecule has 3 rings (SSSR count). The average Bonchev–Trinajstić information content (AvgIpc) is 3.06. The molecule has 0 bridgehead atoms. The summed E-state index contributed by atoms with van der Waals surface area (Å²) in [5, 5.41) is 0. The van der Waals surface area contributed by atoms with Crippen LogP contribution in [0.1, 0.15) is 18.9 Å². The first kappa shape index (κ1) is 20.6. The molecule has 0 aromatic heterocycles. The fraction of sp³-hybridized carbons (Fsp3) is 0.381. The van der Waals surface area contributed by atoms with Crippen molar-refractivity contribution in [2.45, 2.75) is 31.8 Å². The molecule has 1 amide bonds. The smallest absolute Gasteiger partial charge is 0.410 e. The second-order valence-electron chi connectivity index (χ2n) is 6.67. The quantitative estimate of drug-likeness (QED) is 0.710. The number of amides is 1. The number of ether oxygens (including phenoxy) is 1. The first-order valence-corrected chi connectivity index (χ1v) is 10.5. The lowest BCUT2D eigenvalue weighted by Gasteiger charge is -2.28. The van der Waals surface area contributed by atoms with Crippen LogP contribution in [0.3, 0.4) is 0 Å². The van der Waals surface area contributed by atoms with Crippen LogP contribution < -0.4 is 4.72 Å². The minimum Gasteiger partial charge on any atom is -0.450 e. The number of nitrogens with zero attached hydrogens (tertiary/aromatic N) is 1. The number of benzene rings is 2. The van der Waals surface area contributed by atoms with Gasteiger partial charge in [-0.2, -0.15) is 0 Å². The van der Waals surface area contributed by atoms with E-state index in [-0.39, 0.29) is 24.0 Å². The number of halogens is 2. The first-order valence-electron chi connectivity index (χ1n) is 9.30. The van der Waals surface area contributed by atoms with Gasteiger partial charge in [-0.05, 0) is 49.3 Å². The average molecular weight is 406 g/mol. The van der Waals surface area contributed by atoms with Crippen LogP contribution in [0.2, 0.25) is 0 Å². The van der Waals surface area contributed by atoms with Gasteiger partial charge in [0.05, 0.1) is 12.6 Å². The molecule has 2 aromatic carbocycles. The van der Waals surface area contributed by atoms with E-state index in [0.717, 1.165) is 6.42 Å². The van der Waals surface area contributed by atoms with Gasteiger partial charge in [-0.25, -0.2) is 13.6 Å². The van der Waals surface area contributed by atoms with Crippen LogP contribution in [0.5, 0.6) is 0 Å². The predicted octanol–water partition coefficient (Wildman–Crippen LogP) is 4.64. The van der Waals surface area contributed by atoms with E-state index in [2.05, 4.69) is 4.72 Å². The molecule has 28 heavy (non-hydrogen) atoms. The number of rotatable bonds is 6. The molecule has 150 valence electrons. The van der Waals surface area contributed by atoms with Crippen LogP contribution in [-0.2, 0) is 11.2 Å². The Morgan fingerprint density at radius 3 is 2.79 bits per heavy atom. The van der Waals surface area contributed by atoms with Crippen LogP contribution >= 0.6 is 11.9 Å². The highest BCUT2D eigenvalue weighted by atomic mass is 32.2. The molecule has 1 heterocycles. The number of likely N-dealkylation sites (tertiary alicyclic amines) is 1. The van der Waals surface area contributed by atoms with Crippen LogP contribution in [0.25, 0.3) is 11.1 Å². The van der Waals surface area contributed by atoms with Crippen LogP contribution in [0.15, 0.2) is 42.5 Å². The Bertz CT molecular complexity index is 834. The molecule has 1 aliphatic rings. The summed E-state index contributed by atoms with van der Waals surface area (Å²) < 4.78 is 37.3. The summed E-state index contributed by atoms with van der Waals surface area (Å²) in [5.41, 5.74) is 1.34. The maximum Gasteiger partial charge on any atom is 0.410 e. The lowest BCUT2D eigenvalue weighted by molar-refractivity contribution is 0.101. The van der Waals surface area contributed by atoms with Gasteiger partial charge in [0.1, 0.15) is 11.6 Å². The number of nitrogens with one attached hydrogen (secondary N) is 1. The fourth-order valence-corrected chi connectivity index (χ4v) is 4.25. The summed E-state index contributed by atoms with van der Waals surface area (Å²) in [6.07, 6.45) is 2.68. The van der Waals surface area contributed by atoms with Crippen molar-refractivity contribution >= 4 is 18.0 Å². The summed E-state index contributed by atoms with van der Waals surface area (Å²) >= 11 is 1.48. The molecular weight excluding hydrogens is 382 g/mol. The zero-order chi connectivity index (χ0) is 20.1. The molecule has 0 saturated carbocycles. The van der Waals surface area contributed by atoms with E-state index in [1.165, 1.54) is 24.1 Å². The van der Waals surface area contributed by atoms with Crippen LogP contribution in [0, 0.1) is 11.6 Å². The van der Waals surface area contributed by atoms with Crippen molar-refractivity contribution in [1.29, 1.82) is 0 Å². The topological polar surface area (TPSA) is 41.6 Å². The Kier molecular flexibility index (Phi) is 6.91. The van der Waals surface area contributed by atoms with Crippen molar-refractivity contribution in [3.8, 4) is 11.1 Å². The van der Waals surface area contributed by atoms with Gasteiger partial charge < -0.3 is 9.64 Å². The van der Waals surface area contributed by atoms with Crippen molar-refractivity contribution in [3.05, 3.63) is 59.7 Å². The molecule has 1 aliphatic heterocycles. The summed E-state index contributed by atoms with van der Waals surface area (Å²) in [7, 11) is 0. The van der Waals surface area contributed by atoms with E-state index in [1.54, 1.807) is 42.2 Å². The van der Waals surface area contributed by atoms with E-state index in [9.17, 15) is 9.18 Å². The molecule has 0 spiro atoms. The molecule has 2 atom stereocenters. The zero-order valence-electron chi connectivity index (χ0n) is 16.0. The Labute approximate surface area is 168 Å². The van der Waals surface area contributed by atoms with Gasteiger partial charge in [-0.1, -0.05) is 42.3 Å². The van der Waals surface area contributed by atoms with E-state index >= 15 is 4.39 Å². The van der Waals surface area contributed by atoms with Gasteiger partial charge in [0.25, 0.3) is 0 Å². The molecule has 0 aliphatic carbocycles. The van der Waals surface area contributed by atoms with Crippen molar-refractivity contribution in [2.75, 3.05) is 19.4 Å². The summed E-state index contributed by atoms with van der Waals surface area (Å²) in [5.74, 6) is -0.789. The highest BCUT2D eigenvalue weighted by Gasteiger charge is 2.38. The lowest BCUT2D eigenvalue weighted by Crippen LogP contribution is -2.45. The zero-order valence-corrected chi connectivity index (χ0v) is 16.8. The van der Waals surface area contributed by atoms with Crippen molar-refractivity contribution in [1.82, 2.24) is 9.62 Å². The van der Waals surface area contributed by atoms with Crippen LogP contribution in [0.4, 0.5) is 13.6 Å². The van der Waals surface area contributed by atoms with E-state index < -0.39 is 5.82 Å². The van der Waals surface area contributed by atoms with Gasteiger partial charge >= 0.3 is 6.09 Å². The third kappa shape index (κ3) is 4.47. The molecule has 0 radical (unpaired) electrons. The van der Waals surface area contributed by atoms with Gasteiger partial charge in [0.15, 0.2) is 0 Å². The highest BCUT2D eigenvalue weighted by Crippen LogP contribution is 2.29. The minimum absolute atomic E-state index is 0.0385.